The summed E-state index contributed by atoms with van der Waals surface area (Å²) in [5, 5.41) is 125. The molecule has 326 valence electrons. The van der Waals surface area contributed by atoms with Crippen LogP contribution < -0.4 is 0 Å². The molecule has 16 unspecified atom stereocenters. The van der Waals surface area contributed by atoms with Crippen molar-refractivity contribution in [3.63, 3.8) is 0 Å². The van der Waals surface area contributed by atoms with Crippen LogP contribution in [0.4, 0.5) is 0 Å². The van der Waals surface area contributed by atoms with E-state index in [0.29, 0.717) is 51.4 Å². The van der Waals surface area contributed by atoms with E-state index in [1.165, 1.54) is 0 Å². The molecule has 7 rings (SSSR count). The van der Waals surface area contributed by atoms with E-state index < -0.39 is 141 Å². The standard InChI is InChI=1S/C38H60O19/c1-16-10-36-8-4-21-35(2,6-3-7-37(21,15-42)34(51)56-32-29(50)26(47)23(44)18(12-40)53-32)20(36)5-9-38(16,14-36)57-33-30(27(48)24(45)19(13-41)54-33)55-31-28(49)25(46)22(43)17(11-39)52-31/h17-33,39-50H,1,3-15H2,2H3/t17?,18?,19?,20-,21-,22?,23?,24?,25?,26?,27?,28?,29?,30?,31?,32?,33?,35-,36+,37-,38?/m0/s1. The first kappa shape index (κ1) is 43.6. The molecule has 57 heavy (non-hydrogen) atoms. The normalized spacial score (nSPS) is 53.8. The first-order valence-corrected chi connectivity index (χ1v) is 20.0. The Morgan fingerprint density at radius 3 is 1.82 bits per heavy atom. The number of fused-ring (bicyclic) bond motifs is 3. The fourth-order valence-corrected chi connectivity index (χ4v) is 12.1. The number of esters is 1. The Labute approximate surface area is 329 Å². The largest absolute Gasteiger partial charge is 0.432 e. The number of hydrogen-bond acceptors (Lipinski definition) is 19. The van der Waals surface area contributed by atoms with Crippen molar-refractivity contribution < 1.29 is 94.5 Å². The molecule has 21 atom stereocenters. The lowest BCUT2D eigenvalue weighted by Gasteiger charge is -2.64. The maximum atomic E-state index is 14.2. The van der Waals surface area contributed by atoms with Crippen molar-refractivity contribution in [2.45, 2.75) is 162 Å². The molecule has 7 aliphatic rings. The molecule has 4 aliphatic carbocycles. The van der Waals surface area contributed by atoms with Gasteiger partial charge in [0.1, 0.15) is 73.2 Å². The molecule has 0 aromatic heterocycles. The van der Waals surface area contributed by atoms with Crippen LogP contribution in [0.3, 0.4) is 0 Å². The third kappa shape index (κ3) is 6.91. The zero-order valence-electron chi connectivity index (χ0n) is 31.9. The Kier molecular flexibility index (Phi) is 12.3. The third-order valence-corrected chi connectivity index (χ3v) is 15.0. The maximum absolute atomic E-state index is 14.2. The summed E-state index contributed by atoms with van der Waals surface area (Å²) in [4.78, 5) is 14.2. The molecule has 1 spiro atoms. The Bertz CT molecular complexity index is 1470. The Morgan fingerprint density at radius 1 is 0.684 bits per heavy atom. The van der Waals surface area contributed by atoms with Crippen LogP contribution in [0, 0.1) is 28.1 Å². The van der Waals surface area contributed by atoms with Gasteiger partial charge < -0.3 is 89.7 Å². The minimum Gasteiger partial charge on any atom is -0.432 e. The summed E-state index contributed by atoms with van der Waals surface area (Å²) >= 11 is 0. The van der Waals surface area contributed by atoms with Gasteiger partial charge in [0.25, 0.3) is 0 Å². The summed E-state index contributed by atoms with van der Waals surface area (Å²) in [6, 6.07) is 0. The van der Waals surface area contributed by atoms with Crippen molar-refractivity contribution in [3.05, 3.63) is 12.2 Å². The second-order valence-electron chi connectivity index (χ2n) is 17.9. The molecule has 19 heteroatoms. The monoisotopic (exact) mass is 820 g/mol. The minimum atomic E-state index is -1.83. The van der Waals surface area contributed by atoms with Gasteiger partial charge in [-0.15, -0.1) is 0 Å². The molecule has 2 bridgehead atoms. The molecule has 19 nitrogen and oxygen atoms in total. The number of ether oxygens (including phenoxy) is 6. The molecule has 3 heterocycles. The SMILES string of the molecule is C=C1C[C@@]23CC[C@@H]4[C@](CO)(C(=O)OC5OC(CO)C(O)C(O)C5O)CCC[C@@]4(C)[C@@H]2CCC1(OC1OC(CO)C(O)C(O)C1OC1OC(CO)C(O)C(O)C1O)C3. The van der Waals surface area contributed by atoms with Crippen LogP contribution >= 0.6 is 0 Å². The van der Waals surface area contributed by atoms with Gasteiger partial charge >= 0.3 is 5.97 Å². The number of carbonyl (C=O) groups is 1. The van der Waals surface area contributed by atoms with Gasteiger partial charge in [0.15, 0.2) is 12.6 Å². The van der Waals surface area contributed by atoms with E-state index in [4.69, 9.17) is 28.4 Å². The zero-order chi connectivity index (χ0) is 41.4. The maximum Gasteiger partial charge on any atom is 0.317 e. The van der Waals surface area contributed by atoms with Gasteiger partial charge in [0, 0.05) is 0 Å². The number of aliphatic hydroxyl groups excluding tert-OH is 12. The summed E-state index contributed by atoms with van der Waals surface area (Å²) < 4.78 is 35.4. The van der Waals surface area contributed by atoms with Crippen molar-refractivity contribution in [3.8, 4) is 0 Å². The number of carbonyl (C=O) groups excluding carboxylic acids is 1. The van der Waals surface area contributed by atoms with Gasteiger partial charge in [-0.2, -0.15) is 0 Å². The van der Waals surface area contributed by atoms with Crippen LogP contribution in [-0.4, -0.2) is 191 Å². The minimum absolute atomic E-state index is 0.0112. The van der Waals surface area contributed by atoms with Gasteiger partial charge in [-0.25, -0.2) is 0 Å². The lowest BCUT2D eigenvalue weighted by atomic mass is 9.40. The summed E-state index contributed by atoms with van der Waals surface area (Å²) in [6.07, 6.45) is -19.4. The van der Waals surface area contributed by atoms with Crippen molar-refractivity contribution >= 4 is 5.97 Å². The van der Waals surface area contributed by atoms with Gasteiger partial charge in [-0.05, 0) is 79.6 Å². The summed E-state index contributed by atoms with van der Waals surface area (Å²) in [7, 11) is 0. The average Bonchev–Trinajstić information content (AvgIpc) is 3.39. The van der Waals surface area contributed by atoms with Crippen LogP contribution in [0.5, 0.6) is 0 Å². The molecule has 0 amide bonds. The van der Waals surface area contributed by atoms with Crippen LogP contribution in [0.25, 0.3) is 0 Å². The summed E-state index contributed by atoms with van der Waals surface area (Å²) in [6.45, 7) is 3.91. The predicted molar refractivity (Wildman–Crippen MR) is 188 cm³/mol. The fourth-order valence-electron chi connectivity index (χ4n) is 12.1. The molecular weight excluding hydrogens is 760 g/mol. The van der Waals surface area contributed by atoms with Gasteiger partial charge in [0.2, 0.25) is 6.29 Å². The molecule has 3 aliphatic heterocycles. The average molecular weight is 821 g/mol. The quantitative estimate of drug-likeness (QED) is 0.0568. The Balaban J connectivity index is 1.12. The van der Waals surface area contributed by atoms with Crippen LogP contribution in [-0.2, 0) is 33.2 Å². The lowest BCUT2D eigenvalue weighted by molar-refractivity contribution is -0.378. The summed E-state index contributed by atoms with van der Waals surface area (Å²) in [5.74, 6) is -1.15. The molecule has 0 aromatic carbocycles. The van der Waals surface area contributed by atoms with Crippen LogP contribution in [0.1, 0.15) is 64.7 Å². The van der Waals surface area contributed by atoms with Crippen molar-refractivity contribution in [2.75, 3.05) is 26.4 Å². The fraction of sp³-hybridized carbons (Fsp3) is 0.921. The molecule has 0 aromatic rings. The first-order chi connectivity index (χ1) is 27.0. The third-order valence-electron chi connectivity index (χ3n) is 15.0. The second kappa shape index (κ2) is 16.1. The van der Waals surface area contributed by atoms with Gasteiger partial charge in [-0.3, -0.25) is 4.79 Å². The van der Waals surface area contributed by atoms with E-state index in [-0.39, 0.29) is 17.3 Å². The van der Waals surface area contributed by atoms with E-state index in [1.807, 2.05) is 0 Å². The molecule has 12 N–H and O–H groups in total. The number of aliphatic hydroxyl groups is 12. The summed E-state index contributed by atoms with van der Waals surface area (Å²) in [5.41, 5.74) is -2.54. The van der Waals surface area contributed by atoms with E-state index in [2.05, 4.69) is 13.5 Å². The van der Waals surface area contributed by atoms with Crippen molar-refractivity contribution in [1.29, 1.82) is 0 Å². The topological polar surface area (TPSA) is 315 Å². The van der Waals surface area contributed by atoms with E-state index in [1.54, 1.807) is 0 Å². The van der Waals surface area contributed by atoms with Crippen LogP contribution in [0.2, 0.25) is 0 Å². The first-order valence-electron chi connectivity index (χ1n) is 20.0. The highest BCUT2D eigenvalue weighted by Gasteiger charge is 2.70. The van der Waals surface area contributed by atoms with Gasteiger partial charge in [-0.1, -0.05) is 19.9 Å². The van der Waals surface area contributed by atoms with E-state index in [9.17, 15) is 66.1 Å². The molecular formula is C38H60O19. The van der Waals surface area contributed by atoms with E-state index in [0.717, 1.165) is 12.0 Å². The molecule has 4 saturated carbocycles. The van der Waals surface area contributed by atoms with E-state index >= 15 is 0 Å². The predicted octanol–water partition coefficient (Wildman–Crippen LogP) is -3.97. The lowest BCUT2D eigenvalue weighted by Crippen LogP contribution is -2.66. The number of rotatable bonds is 10. The smallest absolute Gasteiger partial charge is 0.317 e. The molecule has 3 saturated heterocycles. The van der Waals surface area contributed by atoms with Crippen molar-refractivity contribution in [1.82, 2.24) is 0 Å². The molecule has 7 fully saturated rings. The Hall–Kier alpha value is -1.47. The number of hydrogen-bond donors (Lipinski definition) is 12. The highest BCUT2D eigenvalue weighted by molar-refractivity contribution is 5.78. The molecule has 0 radical (unpaired) electrons. The zero-order valence-corrected chi connectivity index (χ0v) is 31.9. The Morgan fingerprint density at radius 2 is 1.23 bits per heavy atom. The highest BCUT2D eigenvalue weighted by atomic mass is 16.8. The van der Waals surface area contributed by atoms with Crippen LogP contribution in [0.15, 0.2) is 12.2 Å². The van der Waals surface area contributed by atoms with Gasteiger partial charge in [0.05, 0.1) is 37.4 Å². The van der Waals surface area contributed by atoms with Crippen molar-refractivity contribution in [2.24, 2.45) is 28.1 Å². The second-order valence-corrected chi connectivity index (χ2v) is 17.9. The highest BCUT2D eigenvalue weighted by Crippen LogP contribution is 2.73.